The lowest BCUT2D eigenvalue weighted by molar-refractivity contribution is 0.307. The summed E-state index contributed by atoms with van der Waals surface area (Å²) in [5.74, 6) is 0.602. The van der Waals surface area contributed by atoms with Crippen LogP contribution in [0.5, 0.6) is 6.01 Å². The maximum absolute atomic E-state index is 12.8. The van der Waals surface area contributed by atoms with Crippen molar-refractivity contribution in [1.82, 2.24) is 9.97 Å². The average Bonchev–Trinajstić information content (AvgIpc) is 2.77. The first-order valence-electron chi connectivity index (χ1n) is 11.4. The second-order valence-corrected chi connectivity index (χ2v) is 11.1. The molecule has 2 aliphatic carbocycles. The van der Waals surface area contributed by atoms with Crippen LogP contribution in [-0.2, 0) is 16.3 Å². The number of nitrogens with zero attached hydrogens (tertiary/aromatic N) is 2. The number of fused-ring (bicyclic) bond motifs is 1. The van der Waals surface area contributed by atoms with Crippen molar-refractivity contribution >= 4 is 26.6 Å². The summed E-state index contributed by atoms with van der Waals surface area (Å²) in [7, 11) is -3.11. The van der Waals surface area contributed by atoms with Gasteiger partial charge in [0.05, 0.1) is 16.7 Å². The van der Waals surface area contributed by atoms with Gasteiger partial charge in [-0.15, -0.1) is 0 Å². The molecule has 0 atom stereocenters. The van der Waals surface area contributed by atoms with E-state index in [-0.39, 0.29) is 22.4 Å². The van der Waals surface area contributed by atoms with Crippen molar-refractivity contribution < 1.29 is 17.7 Å². The van der Waals surface area contributed by atoms with Crippen molar-refractivity contribution in [3.05, 3.63) is 32.4 Å². The summed E-state index contributed by atoms with van der Waals surface area (Å²) in [5, 5.41) is 3.96. The molecule has 2 heterocycles. The lowest BCUT2D eigenvalue weighted by atomic mass is 9.91. The number of rotatable bonds is 6. The molecule has 2 saturated carbocycles. The average molecular weight is 464 g/mol. The van der Waals surface area contributed by atoms with Gasteiger partial charge in [0, 0.05) is 6.07 Å². The van der Waals surface area contributed by atoms with Crippen LogP contribution in [0.2, 0.25) is 0 Å². The van der Waals surface area contributed by atoms with Gasteiger partial charge >= 0.3 is 11.6 Å². The molecule has 10 heteroatoms. The Hall–Kier alpha value is -2.49. The van der Waals surface area contributed by atoms with E-state index in [9.17, 15) is 18.0 Å². The SMILES string of the molecule is CCc1cc(=O)oc2nc(ON=C3CCC(S(=O)(=O)CC4CCCCC4)CC3)[nH]c(=O)c12. The number of nitrogens with one attached hydrogen (secondary N) is 1. The molecule has 9 nitrogen and oxygen atoms in total. The first-order chi connectivity index (χ1) is 15.4. The maximum atomic E-state index is 12.8. The highest BCUT2D eigenvalue weighted by Gasteiger charge is 2.32. The molecule has 0 amide bonds. The highest BCUT2D eigenvalue weighted by Crippen LogP contribution is 2.29. The second kappa shape index (κ2) is 9.56. The van der Waals surface area contributed by atoms with Gasteiger partial charge in [0.25, 0.3) is 5.56 Å². The summed E-state index contributed by atoms with van der Waals surface area (Å²) in [5.41, 5.74) is 0.128. The minimum atomic E-state index is -3.11. The Morgan fingerprint density at radius 1 is 1.16 bits per heavy atom. The fourth-order valence-electron chi connectivity index (χ4n) is 4.75. The number of hydrogen-bond donors (Lipinski definition) is 1. The molecule has 0 aromatic carbocycles. The van der Waals surface area contributed by atoms with Crippen LogP contribution < -0.4 is 16.0 Å². The van der Waals surface area contributed by atoms with Gasteiger partial charge in [-0.25, -0.2) is 13.2 Å². The van der Waals surface area contributed by atoms with E-state index in [1.54, 1.807) is 0 Å². The molecule has 0 unspecified atom stereocenters. The van der Waals surface area contributed by atoms with Gasteiger partial charge in [-0.3, -0.25) is 9.78 Å². The van der Waals surface area contributed by atoms with Gasteiger partial charge in [0.2, 0.25) is 5.71 Å². The van der Waals surface area contributed by atoms with Crippen molar-refractivity contribution in [2.24, 2.45) is 11.1 Å². The molecule has 0 spiro atoms. The molecule has 0 saturated heterocycles. The molecule has 4 rings (SSSR count). The largest absolute Gasteiger partial charge is 0.403 e. The van der Waals surface area contributed by atoms with E-state index in [0.717, 1.165) is 31.4 Å². The highest BCUT2D eigenvalue weighted by molar-refractivity contribution is 7.92. The Morgan fingerprint density at radius 2 is 1.88 bits per heavy atom. The Balaban J connectivity index is 1.41. The molecular formula is C22H29N3O6S. The summed E-state index contributed by atoms with van der Waals surface area (Å²) in [6, 6.07) is 1.11. The molecule has 0 aliphatic heterocycles. The first kappa shape index (κ1) is 22.7. The third-order valence-corrected chi connectivity index (χ3v) is 8.95. The zero-order chi connectivity index (χ0) is 22.7. The van der Waals surface area contributed by atoms with E-state index >= 15 is 0 Å². The Labute approximate surface area is 186 Å². The smallest absolute Gasteiger partial charge is 0.337 e. The topological polar surface area (TPSA) is 132 Å². The number of sulfone groups is 1. The molecule has 1 N–H and O–H groups in total. The standard InChI is InChI=1S/C22H29N3O6S/c1-2-15-12-18(26)30-21-19(15)20(27)23-22(24-21)31-25-16-8-10-17(11-9-16)32(28,29)13-14-6-4-3-5-7-14/h12,14,17H,2-11,13H2,1H3,(H,23,24,27). The summed E-state index contributed by atoms with van der Waals surface area (Å²) in [6.45, 7) is 1.83. The molecule has 174 valence electrons. The molecule has 2 fully saturated rings. The first-order valence-corrected chi connectivity index (χ1v) is 13.1. The summed E-state index contributed by atoms with van der Waals surface area (Å²) < 4.78 is 30.7. The minimum Gasteiger partial charge on any atom is -0.403 e. The number of aryl methyl sites for hydroxylation is 1. The number of aromatic nitrogens is 2. The molecular weight excluding hydrogens is 434 g/mol. The van der Waals surface area contributed by atoms with Crippen molar-refractivity contribution in [2.75, 3.05) is 5.75 Å². The second-order valence-electron chi connectivity index (χ2n) is 8.78. The van der Waals surface area contributed by atoms with E-state index in [0.29, 0.717) is 49.3 Å². The predicted octanol–water partition coefficient (Wildman–Crippen LogP) is 3.11. The zero-order valence-corrected chi connectivity index (χ0v) is 19.1. The minimum absolute atomic E-state index is 0.0918. The summed E-state index contributed by atoms with van der Waals surface area (Å²) >= 11 is 0. The van der Waals surface area contributed by atoms with Crippen LogP contribution in [0.3, 0.4) is 0 Å². The fraction of sp³-hybridized carbons (Fsp3) is 0.636. The van der Waals surface area contributed by atoms with Crippen molar-refractivity contribution in [1.29, 1.82) is 0 Å². The summed E-state index contributed by atoms with van der Waals surface area (Å²) in [6.07, 6.45) is 8.07. The lowest BCUT2D eigenvalue weighted by Gasteiger charge is -2.27. The molecule has 32 heavy (non-hydrogen) atoms. The molecule has 0 bridgehead atoms. The van der Waals surface area contributed by atoms with E-state index in [1.807, 2.05) is 6.92 Å². The van der Waals surface area contributed by atoms with Crippen LogP contribution >= 0.6 is 0 Å². The van der Waals surface area contributed by atoms with Gasteiger partial charge < -0.3 is 9.25 Å². The maximum Gasteiger partial charge on any atom is 0.337 e. The van der Waals surface area contributed by atoms with Crippen LogP contribution in [0.1, 0.15) is 70.3 Å². The summed E-state index contributed by atoms with van der Waals surface area (Å²) in [4.78, 5) is 36.0. The van der Waals surface area contributed by atoms with Crippen molar-refractivity contribution in [2.45, 2.75) is 76.4 Å². The molecule has 0 radical (unpaired) electrons. The highest BCUT2D eigenvalue weighted by atomic mass is 32.2. The number of H-pyrrole nitrogens is 1. The normalized spacial score (nSPS) is 20.4. The van der Waals surface area contributed by atoms with Gasteiger partial charge in [-0.1, -0.05) is 31.3 Å². The van der Waals surface area contributed by atoms with E-state index in [2.05, 4.69) is 15.1 Å². The van der Waals surface area contributed by atoms with E-state index in [1.165, 1.54) is 12.5 Å². The van der Waals surface area contributed by atoms with Gasteiger partial charge in [0.1, 0.15) is 5.39 Å². The van der Waals surface area contributed by atoms with Crippen LogP contribution in [0.4, 0.5) is 0 Å². The van der Waals surface area contributed by atoms with Crippen molar-refractivity contribution in [3.8, 4) is 6.01 Å². The number of oxime groups is 1. The van der Waals surface area contributed by atoms with Crippen molar-refractivity contribution in [3.63, 3.8) is 0 Å². The monoisotopic (exact) mass is 463 g/mol. The van der Waals surface area contributed by atoms with Crippen LogP contribution in [0.15, 0.2) is 25.2 Å². The molecule has 2 aliphatic rings. The fourth-order valence-corrected chi connectivity index (χ4v) is 6.97. The third-order valence-electron chi connectivity index (χ3n) is 6.53. The number of hydrogen-bond acceptors (Lipinski definition) is 8. The Kier molecular flexibility index (Phi) is 6.78. The van der Waals surface area contributed by atoms with Gasteiger partial charge in [-0.2, -0.15) is 4.98 Å². The van der Waals surface area contributed by atoms with Crippen LogP contribution in [-0.4, -0.2) is 35.1 Å². The van der Waals surface area contributed by atoms with E-state index in [4.69, 9.17) is 9.25 Å². The predicted molar refractivity (Wildman–Crippen MR) is 121 cm³/mol. The number of aromatic amines is 1. The van der Waals surface area contributed by atoms with Gasteiger partial charge in [-0.05, 0) is 56.4 Å². The third kappa shape index (κ3) is 5.11. The molecule has 2 aromatic rings. The van der Waals surface area contributed by atoms with Crippen LogP contribution in [0.25, 0.3) is 11.1 Å². The van der Waals surface area contributed by atoms with Gasteiger partial charge in [0.15, 0.2) is 9.84 Å². The Bertz CT molecular complexity index is 1210. The molecule has 2 aromatic heterocycles. The van der Waals surface area contributed by atoms with Crippen LogP contribution in [0, 0.1) is 5.92 Å². The zero-order valence-electron chi connectivity index (χ0n) is 18.3. The quantitative estimate of drug-likeness (QED) is 0.651. The Morgan fingerprint density at radius 3 is 2.56 bits per heavy atom. The lowest BCUT2D eigenvalue weighted by Crippen LogP contribution is -2.32. The van der Waals surface area contributed by atoms with E-state index < -0.39 is 21.0 Å².